The van der Waals surface area contributed by atoms with Crippen LogP contribution in [0.5, 0.6) is 0 Å². The van der Waals surface area contributed by atoms with E-state index in [-0.39, 0.29) is 35.5 Å². The summed E-state index contributed by atoms with van der Waals surface area (Å²) in [5, 5.41) is 9.19. The Morgan fingerprint density at radius 2 is 1.73 bits per heavy atom. The van der Waals surface area contributed by atoms with Gasteiger partial charge in [-0.15, -0.1) is 0 Å². The molecule has 26 heavy (non-hydrogen) atoms. The van der Waals surface area contributed by atoms with E-state index in [4.69, 9.17) is 0 Å². The van der Waals surface area contributed by atoms with Gasteiger partial charge in [-0.2, -0.15) is 9.57 Å². The van der Waals surface area contributed by atoms with Crippen LogP contribution >= 0.6 is 0 Å². The summed E-state index contributed by atoms with van der Waals surface area (Å²) in [7, 11) is -3.78. The van der Waals surface area contributed by atoms with Gasteiger partial charge < -0.3 is 4.90 Å². The number of sulfonamides is 1. The summed E-state index contributed by atoms with van der Waals surface area (Å²) >= 11 is 0. The van der Waals surface area contributed by atoms with Gasteiger partial charge in [-0.1, -0.05) is 30.3 Å². The number of amides is 1. The lowest BCUT2D eigenvalue weighted by atomic mass is 10.1. The predicted octanol–water partition coefficient (Wildman–Crippen LogP) is 2.09. The maximum absolute atomic E-state index is 12.9. The molecule has 0 radical (unpaired) electrons. The summed E-state index contributed by atoms with van der Waals surface area (Å²) in [5.41, 5.74) is 0.716. The molecule has 1 aliphatic heterocycles. The molecular weight excluding hydrogens is 350 g/mol. The molecule has 3 rings (SSSR count). The SMILES string of the molecule is CC1CN(S(=O)(=O)c2ccccc2C#N)CCN1C(=O)c1ccccc1. The molecule has 0 aliphatic carbocycles. The van der Waals surface area contributed by atoms with Crippen LogP contribution in [0.4, 0.5) is 0 Å². The van der Waals surface area contributed by atoms with Crippen molar-refractivity contribution in [2.45, 2.75) is 17.9 Å². The van der Waals surface area contributed by atoms with Crippen molar-refractivity contribution in [1.82, 2.24) is 9.21 Å². The number of carbonyl (C=O) groups is 1. The minimum absolute atomic E-state index is 0.0116. The van der Waals surface area contributed by atoms with Crippen molar-refractivity contribution >= 4 is 15.9 Å². The first-order chi connectivity index (χ1) is 12.4. The van der Waals surface area contributed by atoms with Gasteiger partial charge in [0.1, 0.15) is 6.07 Å². The maximum Gasteiger partial charge on any atom is 0.254 e. The first-order valence-electron chi connectivity index (χ1n) is 8.30. The smallest absolute Gasteiger partial charge is 0.254 e. The Morgan fingerprint density at radius 3 is 2.38 bits per heavy atom. The van der Waals surface area contributed by atoms with Gasteiger partial charge in [-0.3, -0.25) is 4.79 Å². The fourth-order valence-electron chi connectivity index (χ4n) is 3.11. The van der Waals surface area contributed by atoms with Crippen LogP contribution in [0.1, 0.15) is 22.8 Å². The number of carbonyl (C=O) groups excluding carboxylic acids is 1. The maximum atomic E-state index is 12.9. The summed E-state index contributed by atoms with van der Waals surface area (Å²) in [4.78, 5) is 14.4. The van der Waals surface area contributed by atoms with Gasteiger partial charge in [-0.25, -0.2) is 8.42 Å². The first-order valence-corrected chi connectivity index (χ1v) is 9.74. The van der Waals surface area contributed by atoms with Gasteiger partial charge in [0.2, 0.25) is 10.0 Å². The quantitative estimate of drug-likeness (QED) is 0.830. The highest BCUT2D eigenvalue weighted by molar-refractivity contribution is 7.89. The molecule has 1 unspecified atom stereocenters. The molecule has 134 valence electrons. The Hall–Kier alpha value is -2.69. The van der Waals surface area contributed by atoms with Gasteiger partial charge in [0.25, 0.3) is 5.91 Å². The third kappa shape index (κ3) is 3.34. The van der Waals surface area contributed by atoms with E-state index in [0.717, 1.165) is 0 Å². The molecule has 1 atom stereocenters. The molecule has 0 spiro atoms. The lowest BCUT2D eigenvalue weighted by Gasteiger charge is -2.39. The Bertz CT molecular complexity index is 951. The largest absolute Gasteiger partial charge is 0.333 e. The van der Waals surface area contributed by atoms with Gasteiger partial charge >= 0.3 is 0 Å². The molecule has 0 saturated carbocycles. The third-order valence-corrected chi connectivity index (χ3v) is 6.42. The average molecular weight is 369 g/mol. The fraction of sp³-hybridized carbons (Fsp3) is 0.263. The van der Waals surface area contributed by atoms with Crippen LogP contribution in [0.3, 0.4) is 0 Å². The summed E-state index contributed by atoms with van der Waals surface area (Å²) in [6.45, 7) is 2.53. The Kier molecular flexibility index (Phi) is 5.07. The van der Waals surface area contributed by atoms with Gasteiger partial charge in [-0.05, 0) is 31.2 Å². The number of nitrogens with zero attached hydrogens (tertiary/aromatic N) is 3. The minimum Gasteiger partial charge on any atom is -0.333 e. The molecule has 1 heterocycles. The van der Waals surface area contributed by atoms with Crippen molar-refractivity contribution in [1.29, 1.82) is 5.26 Å². The summed E-state index contributed by atoms with van der Waals surface area (Å²) in [5.74, 6) is -0.104. The van der Waals surface area contributed by atoms with E-state index in [1.54, 1.807) is 41.3 Å². The van der Waals surface area contributed by atoms with Crippen molar-refractivity contribution in [3.8, 4) is 6.07 Å². The zero-order chi connectivity index (χ0) is 18.7. The fourth-order valence-corrected chi connectivity index (χ4v) is 4.77. The normalized spacial score (nSPS) is 18.3. The van der Waals surface area contributed by atoms with Crippen LogP contribution in [-0.4, -0.2) is 49.2 Å². The molecule has 1 aliphatic rings. The second-order valence-electron chi connectivity index (χ2n) is 6.18. The third-order valence-electron chi connectivity index (χ3n) is 4.50. The molecule has 7 heteroatoms. The monoisotopic (exact) mass is 369 g/mol. The second kappa shape index (κ2) is 7.28. The first kappa shape index (κ1) is 18.1. The summed E-state index contributed by atoms with van der Waals surface area (Å²) in [6, 6.07) is 16.8. The van der Waals surface area contributed by atoms with Crippen LogP contribution in [0.25, 0.3) is 0 Å². The van der Waals surface area contributed by atoms with E-state index in [0.29, 0.717) is 12.1 Å². The van der Waals surface area contributed by atoms with Gasteiger partial charge in [0.15, 0.2) is 0 Å². The van der Waals surface area contributed by atoms with Crippen molar-refractivity contribution in [2.75, 3.05) is 19.6 Å². The molecule has 0 aromatic heterocycles. The van der Waals surface area contributed by atoms with Crippen molar-refractivity contribution < 1.29 is 13.2 Å². The number of benzene rings is 2. The van der Waals surface area contributed by atoms with Crippen molar-refractivity contribution in [3.05, 3.63) is 65.7 Å². The molecule has 0 bridgehead atoms. The molecule has 6 nitrogen and oxygen atoms in total. The molecule has 1 fully saturated rings. The number of rotatable bonds is 3. The predicted molar refractivity (Wildman–Crippen MR) is 96.9 cm³/mol. The lowest BCUT2D eigenvalue weighted by Crippen LogP contribution is -2.55. The highest BCUT2D eigenvalue weighted by Gasteiger charge is 2.35. The lowest BCUT2D eigenvalue weighted by molar-refractivity contribution is 0.0591. The van der Waals surface area contributed by atoms with Crippen LogP contribution in [-0.2, 0) is 10.0 Å². The molecule has 2 aromatic rings. The van der Waals surface area contributed by atoms with E-state index >= 15 is 0 Å². The van der Waals surface area contributed by atoms with Crippen LogP contribution in [0, 0.1) is 11.3 Å². The second-order valence-corrected chi connectivity index (χ2v) is 8.09. The van der Waals surface area contributed by atoms with Crippen LogP contribution < -0.4 is 0 Å². The molecular formula is C19H19N3O3S. The highest BCUT2D eigenvalue weighted by Crippen LogP contribution is 2.23. The van der Waals surface area contributed by atoms with Crippen molar-refractivity contribution in [3.63, 3.8) is 0 Å². The topological polar surface area (TPSA) is 81.5 Å². The zero-order valence-electron chi connectivity index (χ0n) is 14.4. The summed E-state index contributed by atoms with van der Waals surface area (Å²) in [6.07, 6.45) is 0. The van der Waals surface area contributed by atoms with Crippen LogP contribution in [0.2, 0.25) is 0 Å². The Morgan fingerprint density at radius 1 is 1.08 bits per heavy atom. The molecule has 1 amide bonds. The van der Waals surface area contributed by atoms with Crippen molar-refractivity contribution in [2.24, 2.45) is 0 Å². The number of hydrogen-bond donors (Lipinski definition) is 0. The van der Waals surface area contributed by atoms with Crippen LogP contribution in [0.15, 0.2) is 59.5 Å². The number of piperazine rings is 1. The van der Waals surface area contributed by atoms with E-state index in [1.807, 2.05) is 19.1 Å². The molecule has 2 aromatic carbocycles. The van der Waals surface area contributed by atoms with Gasteiger partial charge in [0.05, 0.1) is 10.5 Å². The minimum atomic E-state index is -3.78. The van der Waals surface area contributed by atoms with E-state index in [2.05, 4.69) is 0 Å². The van der Waals surface area contributed by atoms with E-state index in [1.165, 1.54) is 16.4 Å². The van der Waals surface area contributed by atoms with E-state index in [9.17, 15) is 18.5 Å². The average Bonchev–Trinajstić information content (AvgIpc) is 2.68. The zero-order valence-corrected chi connectivity index (χ0v) is 15.2. The summed E-state index contributed by atoms with van der Waals surface area (Å²) < 4.78 is 27.2. The standard InChI is InChI=1S/C19H19N3O3S/c1-15-14-21(26(24,25)18-10-6-5-9-17(18)13-20)11-12-22(15)19(23)16-7-3-2-4-8-16/h2-10,15H,11-12,14H2,1H3. The Balaban J connectivity index is 1.80. The molecule has 0 N–H and O–H groups in total. The number of nitriles is 1. The van der Waals surface area contributed by atoms with Gasteiger partial charge in [0, 0.05) is 31.2 Å². The Labute approximate surface area is 153 Å². The highest BCUT2D eigenvalue weighted by atomic mass is 32.2. The van der Waals surface area contributed by atoms with E-state index < -0.39 is 10.0 Å². The number of hydrogen-bond acceptors (Lipinski definition) is 4. The molecule has 1 saturated heterocycles.